The fourth-order valence-corrected chi connectivity index (χ4v) is 3.39. The first-order valence-corrected chi connectivity index (χ1v) is 10.4. The van der Waals surface area contributed by atoms with E-state index in [1.807, 2.05) is 63.2 Å². The van der Waals surface area contributed by atoms with Gasteiger partial charge in [-0.25, -0.2) is 0 Å². The maximum atomic E-state index is 12.4. The molecule has 0 saturated carbocycles. The molecule has 1 N–H and O–H groups in total. The number of carbonyl (C=O) groups excluding carboxylic acids is 1. The minimum Gasteiger partial charge on any atom is -0.490 e. The Bertz CT molecular complexity index is 958. The van der Waals surface area contributed by atoms with Crippen LogP contribution < -0.4 is 19.5 Å². The van der Waals surface area contributed by atoms with Crippen LogP contribution in [0.5, 0.6) is 17.2 Å². The van der Waals surface area contributed by atoms with Crippen LogP contribution in [0.3, 0.4) is 0 Å². The smallest absolute Gasteiger partial charge is 0.276 e. The van der Waals surface area contributed by atoms with Gasteiger partial charge in [0.1, 0.15) is 18.1 Å². The number of carbonyl (C=O) groups is 1. The Balaban J connectivity index is 1.70. The maximum Gasteiger partial charge on any atom is 0.276 e. The first-order chi connectivity index (χ1) is 14.5. The molecule has 1 fully saturated rings. The fraction of sp³-hybridized carbons (Fsp3) is 0.304. The van der Waals surface area contributed by atoms with Crippen molar-refractivity contribution in [2.45, 2.75) is 27.4 Å². The van der Waals surface area contributed by atoms with Gasteiger partial charge < -0.3 is 19.5 Å². The van der Waals surface area contributed by atoms with E-state index in [-0.39, 0.29) is 5.91 Å². The average Bonchev–Trinajstić information content (AvgIpc) is 3.01. The van der Waals surface area contributed by atoms with E-state index in [0.29, 0.717) is 48.7 Å². The predicted molar refractivity (Wildman–Crippen MR) is 121 cm³/mol. The van der Waals surface area contributed by atoms with Crippen molar-refractivity contribution in [3.63, 3.8) is 0 Å². The highest BCUT2D eigenvalue weighted by molar-refractivity contribution is 7.80. The summed E-state index contributed by atoms with van der Waals surface area (Å²) in [6.45, 7) is 7.84. The fourth-order valence-electron chi connectivity index (χ4n) is 3.07. The van der Waals surface area contributed by atoms with E-state index in [4.69, 9.17) is 26.4 Å². The van der Waals surface area contributed by atoms with Crippen LogP contribution in [0, 0.1) is 0 Å². The van der Waals surface area contributed by atoms with Gasteiger partial charge in [-0.1, -0.05) is 18.2 Å². The van der Waals surface area contributed by atoms with Crippen molar-refractivity contribution < 1.29 is 19.0 Å². The van der Waals surface area contributed by atoms with E-state index >= 15 is 0 Å². The zero-order chi connectivity index (χ0) is 21.5. The standard InChI is InChI=1S/C23H26N2O4S/c1-4-25-22(26)19(24-23(25)30)13-16-8-7-9-18(12-16)29-15-17-10-11-20(27-5-2)21(14-17)28-6-3/h7-14H,4-6,15H2,1-3H3,(H,24,30)/b19-13+. The monoisotopic (exact) mass is 426 g/mol. The molecule has 6 nitrogen and oxygen atoms in total. The van der Waals surface area contributed by atoms with E-state index in [2.05, 4.69) is 5.32 Å². The van der Waals surface area contributed by atoms with Crippen molar-refractivity contribution in [3.05, 3.63) is 59.3 Å². The highest BCUT2D eigenvalue weighted by Crippen LogP contribution is 2.29. The summed E-state index contributed by atoms with van der Waals surface area (Å²) in [5.41, 5.74) is 2.29. The number of benzene rings is 2. The summed E-state index contributed by atoms with van der Waals surface area (Å²) < 4.78 is 17.2. The molecule has 1 amide bonds. The van der Waals surface area contributed by atoms with Crippen molar-refractivity contribution in [1.29, 1.82) is 0 Å². The Hall–Kier alpha value is -3.06. The number of hydrogen-bond donors (Lipinski definition) is 1. The number of thiocarbonyl (C=S) groups is 1. The summed E-state index contributed by atoms with van der Waals surface area (Å²) in [6.07, 6.45) is 1.78. The SMILES string of the molecule is CCOc1ccc(COc2cccc(/C=C3/NC(=S)N(CC)C3=O)c2)cc1OCC. The average molecular weight is 427 g/mol. The Morgan fingerprint density at radius 2 is 1.77 bits per heavy atom. The predicted octanol–water partition coefficient (Wildman–Crippen LogP) is 4.14. The Labute approximate surface area is 182 Å². The number of nitrogens with zero attached hydrogens (tertiary/aromatic N) is 1. The summed E-state index contributed by atoms with van der Waals surface area (Å²) in [6, 6.07) is 13.4. The summed E-state index contributed by atoms with van der Waals surface area (Å²) >= 11 is 5.20. The van der Waals surface area contributed by atoms with E-state index in [1.165, 1.54) is 4.90 Å². The van der Waals surface area contributed by atoms with E-state index in [9.17, 15) is 4.79 Å². The molecule has 0 radical (unpaired) electrons. The lowest BCUT2D eigenvalue weighted by atomic mass is 10.1. The molecular weight excluding hydrogens is 400 g/mol. The lowest BCUT2D eigenvalue weighted by Crippen LogP contribution is -2.30. The molecule has 2 aromatic rings. The molecule has 0 aliphatic carbocycles. The zero-order valence-corrected chi connectivity index (χ0v) is 18.3. The first-order valence-electron chi connectivity index (χ1n) is 10.0. The van der Waals surface area contributed by atoms with Gasteiger partial charge in [-0.05, 0) is 74.5 Å². The van der Waals surface area contributed by atoms with E-state index in [0.717, 1.165) is 16.9 Å². The van der Waals surface area contributed by atoms with Gasteiger partial charge in [0.2, 0.25) is 0 Å². The Morgan fingerprint density at radius 3 is 2.47 bits per heavy atom. The lowest BCUT2D eigenvalue weighted by molar-refractivity contribution is -0.122. The molecule has 0 spiro atoms. The number of nitrogens with one attached hydrogen (secondary N) is 1. The van der Waals surface area contributed by atoms with Gasteiger partial charge in [-0.2, -0.15) is 0 Å². The number of ether oxygens (including phenoxy) is 3. The molecule has 1 heterocycles. The largest absolute Gasteiger partial charge is 0.490 e. The highest BCUT2D eigenvalue weighted by Gasteiger charge is 2.28. The lowest BCUT2D eigenvalue weighted by Gasteiger charge is -2.13. The van der Waals surface area contributed by atoms with Crippen molar-refractivity contribution in [3.8, 4) is 17.2 Å². The van der Waals surface area contributed by atoms with Crippen LogP contribution in [0.4, 0.5) is 0 Å². The molecule has 1 aliphatic heterocycles. The zero-order valence-electron chi connectivity index (χ0n) is 17.4. The Morgan fingerprint density at radius 1 is 1.00 bits per heavy atom. The Kier molecular flexibility index (Phi) is 7.30. The molecule has 0 atom stereocenters. The number of rotatable bonds is 9. The van der Waals surface area contributed by atoms with Gasteiger partial charge >= 0.3 is 0 Å². The van der Waals surface area contributed by atoms with E-state index < -0.39 is 0 Å². The minimum absolute atomic E-state index is 0.119. The third kappa shape index (κ3) is 5.10. The minimum atomic E-state index is -0.119. The molecule has 7 heteroatoms. The van der Waals surface area contributed by atoms with Crippen LogP contribution >= 0.6 is 12.2 Å². The van der Waals surface area contributed by atoms with Gasteiger partial charge in [0.25, 0.3) is 5.91 Å². The van der Waals surface area contributed by atoms with Crippen molar-refractivity contribution in [2.75, 3.05) is 19.8 Å². The van der Waals surface area contributed by atoms with Crippen LogP contribution in [0.1, 0.15) is 31.9 Å². The van der Waals surface area contributed by atoms with Crippen LogP contribution in [-0.2, 0) is 11.4 Å². The van der Waals surface area contributed by atoms with Crippen LogP contribution in [0.2, 0.25) is 0 Å². The molecule has 1 saturated heterocycles. The normalized spacial score (nSPS) is 14.8. The summed E-state index contributed by atoms with van der Waals surface area (Å²) in [7, 11) is 0. The van der Waals surface area contributed by atoms with Gasteiger partial charge in [0, 0.05) is 6.54 Å². The molecule has 0 bridgehead atoms. The molecule has 0 aromatic heterocycles. The number of hydrogen-bond acceptors (Lipinski definition) is 5. The molecule has 2 aromatic carbocycles. The summed E-state index contributed by atoms with van der Waals surface area (Å²) in [5.74, 6) is 2.02. The number of likely N-dealkylation sites (N-methyl/N-ethyl adjacent to an activating group) is 1. The van der Waals surface area contributed by atoms with Crippen LogP contribution in [0.15, 0.2) is 48.2 Å². The molecule has 158 valence electrons. The van der Waals surface area contributed by atoms with Gasteiger partial charge in [-0.15, -0.1) is 0 Å². The van der Waals surface area contributed by atoms with Gasteiger partial charge in [-0.3, -0.25) is 9.69 Å². The summed E-state index contributed by atoms with van der Waals surface area (Å²) in [5, 5.41) is 3.40. The first kappa shape index (κ1) is 21.6. The van der Waals surface area contributed by atoms with Gasteiger partial charge in [0.15, 0.2) is 16.6 Å². The second kappa shape index (κ2) is 10.1. The topological polar surface area (TPSA) is 60.0 Å². The second-order valence-corrected chi connectivity index (χ2v) is 6.93. The molecule has 3 rings (SSSR count). The molecule has 0 unspecified atom stereocenters. The highest BCUT2D eigenvalue weighted by atomic mass is 32.1. The van der Waals surface area contributed by atoms with Crippen LogP contribution in [-0.4, -0.2) is 35.7 Å². The summed E-state index contributed by atoms with van der Waals surface area (Å²) in [4.78, 5) is 13.9. The van der Waals surface area contributed by atoms with Gasteiger partial charge in [0.05, 0.1) is 13.2 Å². The van der Waals surface area contributed by atoms with Crippen molar-refractivity contribution in [1.82, 2.24) is 10.2 Å². The van der Waals surface area contributed by atoms with Crippen LogP contribution in [0.25, 0.3) is 6.08 Å². The molecular formula is C23H26N2O4S. The molecule has 1 aliphatic rings. The molecule has 30 heavy (non-hydrogen) atoms. The quantitative estimate of drug-likeness (QED) is 0.480. The van der Waals surface area contributed by atoms with Crippen molar-refractivity contribution >= 4 is 29.3 Å². The van der Waals surface area contributed by atoms with Crippen molar-refractivity contribution in [2.24, 2.45) is 0 Å². The second-order valence-electron chi connectivity index (χ2n) is 6.55. The van der Waals surface area contributed by atoms with E-state index in [1.54, 1.807) is 6.08 Å². The third-order valence-electron chi connectivity index (χ3n) is 4.46. The maximum absolute atomic E-state index is 12.4. The number of amides is 1. The third-order valence-corrected chi connectivity index (χ3v) is 4.78.